The summed E-state index contributed by atoms with van der Waals surface area (Å²) < 4.78 is 5.04. The number of methoxy groups -OCH3 is 1. The highest BCUT2D eigenvalue weighted by molar-refractivity contribution is 6.36. The van der Waals surface area contributed by atoms with E-state index in [-0.39, 0.29) is 6.54 Å². The van der Waals surface area contributed by atoms with E-state index >= 15 is 0 Å². The fraction of sp³-hybridized carbons (Fsp3) is 0.118. The quantitative estimate of drug-likeness (QED) is 0.476. The molecule has 0 saturated heterocycles. The van der Waals surface area contributed by atoms with E-state index in [1.807, 2.05) is 0 Å². The molecule has 0 unspecified atom stereocenters. The number of hydrazone groups is 1. The molecule has 6 nitrogen and oxygen atoms in total. The van der Waals surface area contributed by atoms with Crippen LogP contribution >= 0.6 is 23.2 Å². The predicted octanol–water partition coefficient (Wildman–Crippen LogP) is 2.77. The van der Waals surface area contributed by atoms with Crippen molar-refractivity contribution in [1.82, 2.24) is 10.7 Å². The first-order valence-electron chi connectivity index (χ1n) is 7.19. The van der Waals surface area contributed by atoms with Crippen LogP contribution in [-0.2, 0) is 16.1 Å². The van der Waals surface area contributed by atoms with Crippen LogP contribution in [0.5, 0.6) is 5.75 Å². The van der Waals surface area contributed by atoms with Crippen LogP contribution in [-0.4, -0.2) is 25.1 Å². The molecule has 0 fully saturated rings. The SMILES string of the molecule is COc1ccc(C=NNC(=O)C(=O)NCc2ccc(Cl)cc2Cl)cc1. The molecule has 0 aliphatic heterocycles. The number of rotatable bonds is 5. The van der Waals surface area contributed by atoms with E-state index in [0.717, 1.165) is 5.56 Å². The largest absolute Gasteiger partial charge is 0.497 e. The fourth-order valence-electron chi connectivity index (χ4n) is 1.83. The van der Waals surface area contributed by atoms with Gasteiger partial charge in [0.15, 0.2) is 0 Å². The first-order valence-corrected chi connectivity index (χ1v) is 7.94. The number of ether oxygens (including phenoxy) is 1. The van der Waals surface area contributed by atoms with Crippen LogP contribution < -0.4 is 15.5 Å². The normalized spacial score (nSPS) is 10.5. The molecule has 2 amide bonds. The number of hydrogen-bond acceptors (Lipinski definition) is 4. The number of carbonyl (C=O) groups is 2. The molecule has 2 aromatic rings. The number of nitrogens with zero attached hydrogens (tertiary/aromatic N) is 1. The van der Waals surface area contributed by atoms with Crippen molar-refractivity contribution in [3.63, 3.8) is 0 Å². The van der Waals surface area contributed by atoms with Crippen LogP contribution in [0.2, 0.25) is 10.0 Å². The summed E-state index contributed by atoms with van der Waals surface area (Å²) in [6.07, 6.45) is 1.42. The number of halogens is 2. The highest BCUT2D eigenvalue weighted by atomic mass is 35.5. The number of hydrogen-bond donors (Lipinski definition) is 2. The van der Waals surface area contributed by atoms with Gasteiger partial charge >= 0.3 is 11.8 Å². The Balaban J connectivity index is 1.83. The summed E-state index contributed by atoms with van der Waals surface area (Å²) in [6.45, 7) is 0.102. The summed E-state index contributed by atoms with van der Waals surface area (Å²) in [5.74, 6) is -0.992. The Kier molecular flexibility index (Phi) is 6.80. The minimum Gasteiger partial charge on any atom is -0.497 e. The molecule has 0 heterocycles. The molecule has 0 saturated carbocycles. The molecule has 0 bridgehead atoms. The summed E-state index contributed by atoms with van der Waals surface area (Å²) in [4.78, 5) is 23.4. The van der Waals surface area contributed by atoms with E-state index in [4.69, 9.17) is 27.9 Å². The van der Waals surface area contributed by atoms with Crippen molar-refractivity contribution in [2.45, 2.75) is 6.54 Å². The molecule has 0 radical (unpaired) electrons. The van der Waals surface area contributed by atoms with Crippen molar-refractivity contribution in [3.05, 3.63) is 63.6 Å². The molecule has 2 rings (SSSR count). The molecule has 0 aromatic heterocycles. The van der Waals surface area contributed by atoms with Crippen LogP contribution in [0.15, 0.2) is 47.6 Å². The zero-order chi connectivity index (χ0) is 18.2. The second-order valence-electron chi connectivity index (χ2n) is 4.89. The lowest BCUT2D eigenvalue weighted by Gasteiger charge is -2.06. The van der Waals surface area contributed by atoms with Gasteiger partial charge in [0.05, 0.1) is 13.3 Å². The van der Waals surface area contributed by atoms with Crippen molar-refractivity contribution in [2.24, 2.45) is 5.10 Å². The number of benzene rings is 2. The first-order chi connectivity index (χ1) is 12.0. The van der Waals surface area contributed by atoms with Crippen LogP contribution in [0, 0.1) is 0 Å². The lowest BCUT2D eigenvalue weighted by Crippen LogP contribution is -2.37. The van der Waals surface area contributed by atoms with Crippen LogP contribution in [0.4, 0.5) is 0 Å². The molecule has 0 aliphatic carbocycles. The zero-order valence-corrected chi connectivity index (χ0v) is 14.8. The summed E-state index contributed by atoms with van der Waals surface area (Å²) in [7, 11) is 1.57. The van der Waals surface area contributed by atoms with Crippen molar-refractivity contribution in [3.8, 4) is 5.75 Å². The van der Waals surface area contributed by atoms with E-state index < -0.39 is 11.8 Å². The van der Waals surface area contributed by atoms with Gasteiger partial charge in [-0.1, -0.05) is 29.3 Å². The van der Waals surface area contributed by atoms with E-state index in [2.05, 4.69) is 15.8 Å². The van der Waals surface area contributed by atoms with Gasteiger partial charge in [-0.3, -0.25) is 9.59 Å². The van der Waals surface area contributed by atoms with Crippen molar-refractivity contribution >= 4 is 41.2 Å². The Morgan fingerprint density at radius 1 is 1.12 bits per heavy atom. The summed E-state index contributed by atoms with van der Waals surface area (Å²) in [5.41, 5.74) is 3.54. The Morgan fingerprint density at radius 3 is 2.48 bits per heavy atom. The monoisotopic (exact) mass is 379 g/mol. The Hall–Kier alpha value is -2.57. The molecule has 0 aliphatic rings. The Morgan fingerprint density at radius 2 is 1.84 bits per heavy atom. The van der Waals surface area contributed by atoms with E-state index in [9.17, 15) is 9.59 Å². The average molecular weight is 380 g/mol. The van der Waals surface area contributed by atoms with Gasteiger partial charge in [-0.2, -0.15) is 5.10 Å². The van der Waals surface area contributed by atoms with Gasteiger partial charge in [0.1, 0.15) is 5.75 Å². The third-order valence-corrected chi connectivity index (χ3v) is 3.74. The predicted molar refractivity (Wildman–Crippen MR) is 97.0 cm³/mol. The summed E-state index contributed by atoms with van der Waals surface area (Å²) in [5, 5.41) is 7.09. The molecule has 2 N–H and O–H groups in total. The van der Waals surface area contributed by atoms with E-state index in [0.29, 0.717) is 21.4 Å². The highest BCUT2D eigenvalue weighted by Gasteiger charge is 2.12. The number of nitrogens with one attached hydrogen (secondary N) is 2. The van der Waals surface area contributed by atoms with E-state index in [1.165, 1.54) is 6.21 Å². The minimum atomic E-state index is -0.880. The van der Waals surface area contributed by atoms with E-state index in [1.54, 1.807) is 49.6 Å². The molecule has 25 heavy (non-hydrogen) atoms. The Labute approximate surface area is 154 Å². The van der Waals surface area contributed by atoms with Gasteiger partial charge in [-0.25, -0.2) is 5.43 Å². The molecule has 8 heteroatoms. The molecule has 0 spiro atoms. The lowest BCUT2D eigenvalue weighted by molar-refractivity contribution is -0.139. The van der Waals surface area contributed by atoms with Crippen molar-refractivity contribution in [2.75, 3.05) is 7.11 Å². The topological polar surface area (TPSA) is 79.8 Å². The maximum atomic E-state index is 11.7. The summed E-state index contributed by atoms with van der Waals surface area (Å²) >= 11 is 11.8. The second-order valence-corrected chi connectivity index (χ2v) is 5.73. The number of carbonyl (C=O) groups excluding carboxylic acids is 2. The maximum absolute atomic E-state index is 11.7. The molecule has 2 aromatic carbocycles. The smallest absolute Gasteiger partial charge is 0.329 e. The molecule has 0 atom stereocenters. The van der Waals surface area contributed by atoms with Gasteiger partial charge in [-0.15, -0.1) is 0 Å². The first kappa shape index (κ1) is 18.8. The van der Waals surface area contributed by atoms with Crippen LogP contribution in [0.25, 0.3) is 0 Å². The lowest BCUT2D eigenvalue weighted by atomic mass is 10.2. The van der Waals surface area contributed by atoms with Gasteiger partial charge in [0.2, 0.25) is 0 Å². The zero-order valence-electron chi connectivity index (χ0n) is 13.3. The second kappa shape index (κ2) is 9.05. The third-order valence-electron chi connectivity index (χ3n) is 3.16. The number of amides is 2. The molecular formula is C17H15Cl2N3O3. The van der Waals surface area contributed by atoms with Gasteiger partial charge < -0.3 is 10.1 Å². The average Bonchev–Trinajstić information content (AvgIpc) is 2.61. The van der Waals surface area contributed by atoms with Crippen LogP contribution in [0.1, 0.15) is 11.1 Å². The summed E-state index contributed by atoms with van der Waals surface area (Å²) in [6, 6.07) is 11.9. The standard InChI is InChI=1S/C17H15Cl2N3O3/c1-25-14-6-2-11(3-7-14)9-21-22-17(24)16(23)20-10-12-4-5-13(18)8-15(12)19/h2-9H,10H2,1H3,(H,20,23)(H,22,24). The van der Waals surface area contributed by atoms with Gasteiger partial charge in [0, 0.05) is 16.6 Å². The highest BCUT2D eigenvalue weighted by Crippen LogP contribution is 2.20. The van der Waals surface area contributed by atoms with Crippen molar-refractivity contribution in [1.29, 1.82) is 0 Å². The fourth-order valence-corrected chi connectivity index (χ4v) is 2.30. The van der Waals surface area contributed by atoms with Gasteiger partial charge in [0.25, 0.3) is 0 Å². The molecule has 130 valence electrons. The van der Waals surface area contributed by atoms with Crippen LogP contribution in [0.3, 0.4) is 0 Å². The van der Waals surface area contributed by atoms with Gasteiger partial charge in [-0.05, 0) is 47.5 Å². The maximum Gasteiger partial charge on any atom is 0.329 e. The van der Waals surface area contributed by atoms with Crippen molar-refractivity contribution < 1.29 is 14.3 Å². The Bertz CT molecular complexity index is 792. The molecular weight excluding hydrogens is 365 g/mol. The minimum absolute atomic E-state index is 0.102. The third kappa shape index (κ3) is 5.77.